The van der Waals surface area contributed by atoms with Crippen LogP contribution in [0.3, 0.4) is 0 Å². The number of benzene rings is 4. The standard InChI is InChI=1S/C34H27FN4O4/c1-2-43-23-17-15-22(16-18-23)36-32(40)25-8-4-6-10-28(25)39-33(41)29-19-26-24-7-3-5-9-27(24)37-30(26)31(38(29)34(39)42)20-11-13-21(35)14-12-20/h3-18,29,31,37H,2,19H2,1H3,(H,36,40)/t29-,31-/m0/s1. The largest absolute Gasteiger partial charge is 0.494 e. The van der Waals surface area contributed by atoms with E-state index >= 15 is 0 Å². The van der Waals surface area contributed by atoms with Crippen LogP contribution in [0.25, 0.3) is 10.9 Å². The molecule has 1 fully saturated rings. The lowest BCUT2D eigenvalue weighted by atomic mass is 9.89. The summed E-state index contributed by atoms with van der Waals surface area (Å²) in [6, 6.07) is 25.3. The van der Waals surface area contributed by atoms with Crippen LogP contribution in [0.4, 0.5) is 20.6 Å². The number of imide groups is 1. The number of carbonyl (C=O) groups is 3. The summed E-state index contributed by atoms with van der Waals surface area (Å²) >= 11 is 0. The summed E-state index contributed by atoms with van der Waals surface area (Å²) < 4.78 is 19.4. The normalized spacial score (nSPS) is 17.6. The van der Waals surface area contributed by atoms with Crippen molar-refractivity contribution >= 4 is 40.1 Å². The zero-order valence-electron chi connectivity index (χ0n) is 23.2. The van der Waals surface area contributed by atoms with E-state index < -0.39 is 35.7 Å². The fourth-order valence-electron chi connectivity index (χ4n) is 6.15. The van der Waals surface area contributed by atoms with Crippen LogP contribution in [0, 0.1) is 5.82 Å². The van der Waals surface area contributed by atoms with Gasteiger partial charge in [0.05, 0.1) is 17.9 Å². The average Bonchev–Trinajstić information content (AvgIpc) is 3.51. The molecule has 8 nitrogen and oxygen atoms in total. The van der Waals surface area contributed by atoms with E-state index in [0.717, 1.165) is 27.1 Å². The van der Waals surface area contributed by atoms with Crippen molar-refractivity contribution in [2.75, 3.05) is 16.8 Å². The molecular weight excluding hydrogens is 547 g/mol. The second kappa shape index (κ2) is 10.4. The van der Waals surface area contributed by atoms with E-state index in [-0.39, 0.29) is 11.3 Å². The summed E-state index contributed by atoms with van der Waals surface area (Å²) in [6.07, 6.45) is 0.304. The van der Waals surface area contributed by atoms with E-state index in [4.69, 9.17) is 4.74 Å². The highest BCUT2D eigenvalue weighted by atomic mass is 19.1. The van der Waals surface area contributed by atoms with E-state index in [0.29, 0.717) is 30.0 Å². The minimum Gasteiger partial charge on any atom is -0.494 e. The lowest BCUT2D eigenvalue weighted by Crippen LogP contribution is -2.44. The van der Waals surface area contributed by atoms with E-state index in [2.05, 4.69) is 10.3 Å². The second-order valence-corrected chi connectivity index (χ2v) is 10.5. The van der Waals surface area contributed by atoms with Gasteiger partial charge >= 0.3 is 6.03 Å². The predicted molar refractivity (Wildman–Crippen MR) is 161 cm³/mol. The SMILES string of the molecule is CCOc1ccc(NC(=O)c2ccccc2N2C(=O)[C@@H]3Cc4c([nH]c5ccccc45)[C@H](c4ccc(F)cc4)N3C2=O)cc1. The topological polar surface area (TPSA) is 94.7 Å². The van der Waals surface area contributed by atoms with Gasteiger partial charge in [-0.3, -0.25) is 14.5 Å². The molecule has 4 amide bonds. The van der Waals surface area contributed by atoms with Crippen molar-refractivity contribution in [3.05, 3.63) is 125 Å². The van der Waals surface area contributed by atoms with E-state index in [1.165, 1.54) is 12.1 Å². The van der Waals surface area contributed by atoms with Crippen LogP contribution in [-0.4, -0.2) is 40.4 Å². The molecule has 1 saturated heterocycles. The van der Waals surface area contributed by atoms with Crippen molar-refractivity contribution < 1.29 is 23.5 Å². The lowest BCUT2D eigenvalue weighted by molar-refractivity contribution is -0.120. The maximum Gasteiger partial charge on any atom is 0.332 e. The number of nitrogens with one attached hydrogen (secondary N) is 2. The highest BCUT2D eigenvalue weighted by Crippen LogP contribution is 2.45. The Morgan fingerprint density at radius 2 is 1.67 bits per heavy atom. The third-order valence-electron chi connectivity index (χ3n) is 8.05. The van der Waals surface area contributed by atoms with Crippen molar-refractivity contribution in [3.63, 3.8) is 0 Å². The molecule has 0 bridgehead atoms. The number of amides is 4. The molecule has 5 aromatic rings. The summed E-state index contributed by atoms with van der Waals surface area (Å²) in [6.45, 7) is 2.42. The molecule has 2 aliphatic heterocycles. The minimum atomic E-state index is -0.809. The molecule has 0 unspecified atom stereocenters. The fraction of sp³-hybridized carbons (Fsp3) is 0.147. The Balaban J connectivity index is 1.27. The predicted octanol–water partition coefficient (Wildman–Crippen LogP) is 6.44. The first-order valence-electron chi connectivity index (χ1n) is 14.1. The van der Waals surface area contributed by atoms with Gasteiger partial charge in [-0.25, -0.2) is 14.1 Å². The quantitative estimate of drug-likeness (QED) is 0.228. The van der Waals surface area contributed by atoms with Crippen LogP contribution in [0.2, 0.25) is 0 Å². The Morgan fingerprint density at radius 1 is 0.953 bits per heavy atom. The molecule has 2 atom stereocenters. The minimum absolute atomic E-state index is 0.181. The Labute approximate surface area is 246 Å². The van der Waals surface area contributed by atoms with Gasteiger partial charge < -0.3 is 15.0 Å². The molecule has 0 aliphatic carbocycles. The van der Waals surface area contributed by atoms with E-state index in [1.54, 1.807) is 65.6 Å². The van der Waals surface area contributed by atoms with Gasteiger partial charge in [-0.2, -0.15) is 0 Å². The first-order chi connectivity index (χ1) is 20.9. The molecule has 214 valence electrons. The average molecular weight is 575 g/mol. The number of H-pyrrole nitrogens is 1. The number of ether oxygens (including phenoxy) is 1. The number of aromatic amines is 1. The third-order valence-corrected chi connectivity index (χ3v) is 8.05. The Kier molecular flexibility index (Phi) is 6.42. The molecule has 7 rings (SSSR count). The summed E-state index contributed by atoms with van der Waals surface area (Å²) in [5.41, 5.74) is 4.21. The number of carbonyl (C=O) groups excluding carboxylic acids is 3. The summed E-state index contributed by atoms with van der Waals surface area (Å²) in [5, 5.41) is 3.83. The molecule has 4 aromatic carbocycles. The highest BCUT2D eigenvalue weighted by molar-refractivity contribution is 6.24. The zero-order chi connectivity index (χ0) is 29.7. The van der Waals surface area contributed by atoms with Gasteiger partial charge in [0.25, 0.3) is 11.8 Å². The van der Waals surface area contributed by atoms with Crippen LogP contribution >= 0.6 is 0 Å². The summed E-state index contributed by atoms with van der Waals surface area (Å²) in [5.74, 6) is -0.601. The van der Waals surface area contributed by atoms with Crippen molar-refractivity contribution in [3.8, 4) is 5.75 Å². The molecule has 2 aliphatic rings. The second-order valence-electron chi connectivity index (χ2n) is 10.5. The molecule has 43 heavy (non-hydrogen) atoms. The number of urea groups is 1. The lowest BCUT2D eigenvalue weighted by Gasteiger charge is -2.36. The summed E-state index contributed by atoms with van der Waals surface area (Å²) in [4.78, 5) is 48.0. The Morgan fingerprint density at radius 3 is 2.44 bits per heavy atom. The van der Waals surface area contributed by atoms with E-state index in [1.807, 2.05) is 31.2 Å². The van der Waals surface area contributed by atoms with Crippen LogP contribution in [0.5, 0.6) is 5.75 Å². The first-order valence-corrected chi connectivity index (χ1v) is 14.1. The number of anilines is 2. The molecule has 1 aromatic heterocycles. The van der Waals surface area contributed by atoms with Crippen molar-refractivity contribution in [1.82, 2.24) is 9.88 Å². The van der Waals surface area contributed by atoms with Gasteiger partial charge in [0, 0.05) is 28.7 Å². The molecule has 0 spiro atoms. The summed E-state index contributed by atoms with van der Waals surface area (Å²) in [7, 11) is 0. The number of nitrogens with zero attached hydrogens (tertiary/aromatic N) is 2. The van der Waals surface area contributed by atoms with Crippen LogP contribution in [0.15, 0.2) is 97.1 Å². The van der Waals surface area contributed by atoms with Crippen molar-refractivity contribution in [2.24, 2.45) is 0 Å². The van der Waals surface area contributed by atoms with Crippen LogP contribution in [0.1, 0.15) is 40.1 Å². The monoisotopic (exact) mass is 574 g/mol. The number of hydrogen-bond acceptors (Lipinski definition) is 4. The molecular formula is C34H27FN4O4. The molecule has 0 saturated carbocycles. The molecule has 3 heterocycles. The molecule has 9 heteroatoms. The van der Waals surface area contributed by atoms with Crippen molar-refractivity contribution in [2.45, 2.75) is 25.4 Å². The number of rotatable bonds is 6. The number of fused-ring (bicyclic) bond motifs is 4. The number of aromatic nitrogens is 1. The van der Waals surface area contributed by atoms with Gasteiger partial charge in [0.1, 0.15) is 23.7 Å². The van der Waals surface area contributed by atoms with Crippen LogP contribution in [-0.2, 0) is 11.2 Å². The maximum atomic E-state index is 14.3. The maximum absolute atomic E-state index is 14.3. The number of halogens is 1. The fourth-order valence-corrected chi connectivity index (χ4v) is 6.15. The highest BCUT2D eigenvalue weighted by Gasteiger charge is 2.53. The van der Waals surface area contributed by atoms with Crippen molar-refractivity contribution in [1.29, 1.82) is 0 Å². The number of para-hydroxylation sites is 2. The van der Waals surface area contributed by atoms with Gasteiger partial charge in [-0.1, -0.05) is 42.5 Å². The van der Waals surface area contributed by atoms with Gasteiger partial charge in [-0.05, 0) is 72.6 Å². The van der Waals surface area contributed by atoms with Gasteiger partial charge in [0.2, 0.25) is 0 Å². The Bertz CT molecular complexity index is 1880. The van der Waals surface area contributed by atoms with Gasteiger partial charge in [0.15, 0.2) is 0 Å². The van der Waals surface area contributed by atoms with Gasteiger partial charge in [-0.15, -0.1) is 0 Å². The van der Waals surface area contributed by atoms with Crippen LogP contribution < -0.4 is 15.0 Å². The third kappa shape index (κ3) is 4.41. The smallest absolute Gasteiger partial charge is 0.332 e. The number of hydrogen-bond donors (Lipinski definition) is 2. The Hall–Kier alpha value is -5.44. The zero-order valence-corrected chi connectivity index (χ0v) is 23.2. The first kappa shape index (κ1) is 26.5. The van der Waals surface area contributed by atoms with E-state index in [9.17, 15) is 18.8 Å². The molecule has 0 radical (unpaired) electrons. The molecule has 2 N–H and O–H groups in total.